The van der Waals surface area contributed by atoms with Crippen LogP contribution in [0.3, 0.4) is 0 Å². The Hall–Kier alpha value is -1.40. The number of fused-ring (bicyclic) bond motifs is 1. The van der Waals surface area contributed by atoms with E-state index in [4.69, 9.17) is 9.31 Å². The van der Waals surface area contributed by atoms with E-state index in [1.54, 1.807) is 0 Å². The Balaban J connectivity index is 2.04. The van der Waals surface area contributed by atoms with E-state index < -0.39 is 7.12 Å². The van der Waals surface area contributed by atoms with Gasteiger partial charge in [-0.05, 0) is 41.5 Å². The molecule has 0 spiro atoms. The summed E-state index contributed by atoms with van der Waals surface area (Å²) in [6.07, 6.45) is 3.92. The summed E-state index contributed by atoms with van der Waals surface area (Å²) in [6.45, 7) is 12.1. The van der Waals surface area contributed by atoms with Gasteiger partial charge >= 0.3 is 7.12 Å². The van der Waals surface area contributed by atoms with Crippen molar-refractivity contribution >= 4 is 18.4 Å². The second kappa shape index (κ2) is 4.05. The van der Waals surface area contributed by atoms with E-state index in [2.05, 4.69) is 9.97 Å². The van der Waals surface area contributed by atoms with Gasteiger partial charge in [0.15, 0.2) is 5.65 Å². The summed E-state index contributed by atoms with van der Waals surface area (Å²) in [7, 11) is -0.439. The summed E-state index contributed by atoms with van der Waals surface area (Å²) in [5.41, 5.74) is 2.81. The van der Waals surface area contributed by atoms with Crippen molar-refractivity contribution in [2.75, 3.05) is 0 Å². The molecule has 0 N–H and O–H groups in total. The van der Waals surface area contributed by atoms with Crippen LogP contribution in [0.15, 0.2) is 12.4 Å². The first-order valence-corrected chi connectivity index (χ1v) is 6.88. The molecule has 2 aromatic heterocycles. The van der Waals surface area contributed by atoms with E-state index in [0.717, 1.165) is 22.6 Å². The van der Waals surface area contributed by atoms with Crippen molar-refractivity contribution in [1.29, 1.82) is 0 Å². The van der Waals surface area contributed by atoms with E-state index in [1.165, 1.54) is 0 Å². The molecule has 0 bridgehead atoms. The Labute approximate surface area is 119 Å². The second-order valence-electron chi connectivity index (χ2n) is 6.45. The summed E-state index contributed by atoms with van der Waals surface area (Å²) < 4.78 is 14.1. The predicted octanol–water partition coefficient (Wildman–Crippen LogP) is 1.65. The molecule has 20 heavy (non-hydrogen) atoms. The number of imidazole rings is 1. The smallest absolute Gasteiger partial charge is 0.398 e. The standard InChI is InChI=1S/C14H20BN3O2/c1-9-7-18-8-11(17-10(2)12(18)16-9)15-19-13(3,4)14(5,6)20-15/h7-8H,1-6H3. The fourth-order valence-corrected chi connectivity index (χ4v) is 2.37. The maximum atomic E-state index is 6.04. The molecular formula is C14H20BN3O2. The molecule has 0 amide bonds. The van der Waals surface area contributed by atoms with E-state index in [9.17, 15) is 0 Å². The van der Waals surface area contributed by atoms with Gasteiger partial charge in [-0.15, -0.1) is 0 Å². The van der Waals surface area contributed by atoms with Crippen LogP contribution in [0.1, 0.15) is 39.1 Å². The van der Waals surface area contributed by atoms with Crippen LogP contribution < -0.4 is 5.59 Å². The van der Waals surface area contributed by atoms with Crippen LogP contribution in [0.2, 0.25) is 0 Å². The molecule has 0 saturated carbocycles. The molecule has 3 rings (SSSR count). The van der Waals surface area contributed by atoms with Crippen molar-refractivity contribution in [1.82, 2.24) is 14.4 Å². The average Bonchev–Trinajstić information content (AvgIpc) is 2.77. The maximum absolute atomic E-state index is 6.04. The van der Waals surface area contributed by atoms with Gasteiger partial charge in [0.1, 0.15) is 0 Å². The minimum atomic E-state index is -0.439. The molecule has 106 valence electrons. The molecule has 0 unspecified atom stereocenters. The van der Waals surface area contributed by atoms with Gasteiger partial charge in [-0.2, -0.15) is 0 Å². The van der Waals surface area contributed by atoms with Crippen LogP contribution in [-0.2, 0) is 9.31 Å². The third-order valence-corrected chi connectivity index (χ3v) is 4.24. The molecule has 6 heteroatoms. The molecule has 0 atom stereocenters. The van der Waals surface area contributed by atoms with Gasteiger partial charge in [0.2, 0.25) is 0 Å². The van der Waals surface area contributed by atoms with Gasteiger partial charge in [0.25, 0.3) is 0 Å². The van der Waals surface area contributed by atoms with Gasteiger partial charge in [-0.3, -0.25) is 4.98 Å². The van der Waals surface area contributed by atoms with Crippen molar-refractivity contribution < 1.29 is 9.31 Å². The summed E-state index contributed by atoms with van der Waals surface area (Å²) in [5.74, 6) is 0. The number of aryl methyl sites for hydroxylation is 2. The number of aromatic nitrogens is 3. The largest absolute Gasteiger partial charge is 0.516 e. The highest BCUT2D eigenvalue weighted by molar-refractivity contribution is 6.61. The Morgan fingerprint density at radius 3 is 2.20 bits per heavy atom. The number of hydrogen-bond acceptors (Lipinski definition) is 4. The van der Waals surface area contributed by atoms with Gasteiger partial charge in [0.05, 0.1) is 28.2 Å². The second-order valence-corrected chi connectivity index (χ2v) is 6.45. The van der Waals surface area contributed by atoms with E-state index in [0.29, 0.717) is 0 Å². The molecule has 0 aliphatic carbocycles. The van der Waals surface area contributed by atoms with Gasteiger partial charge in [-0.1, -0.05) is 0 Å². The van der Waals surface area contributed by atoms with Crippen LogP contribution in [0.4, 0.5) is 0 Å². The molecule has 2 aromatic rings. The zero-order valence-corrected chi connectivity index (χ0v) is 12.9. The molecule has 1 fully saturated rings. The molecule has 1 saturated heterocycles. The first-order valence-electron chi connectivity index (χ1n) is 6.88. The van der Waals surface area contributed by atoms with Gasteiger partial charge in [-0.25, -0.2) is 4.98 Å². The Kier molecular flexibility index (Phi) is 2.75. The zero-order chi connectivity index (χ0) is 14.7. The van der Waals surface area contributed by atoms with Crippen LogP contribution in [0.25, 0.3) is 5.65 Å². The van der Waals surface area contributed by atoms with Crippen molar-refractivity contribution in [3.05, 3.63) is 23.8 Å². The highest BCUT2D eigenvalue weighted by atomic mass is 16.7. The van der Waals surface area contributed by atoms with Crippen LogP contribution in [0, 0.1) is 13.8 Å². The molecule has 0 aromatic carbocycles. The van der Waals surface area contributed by atoms with Crippen molar-refractivity contribution in [2.45, 2.75) is 52.7 Å². The quantitative estimate of drug-likeness (QED) is 0.741. The highest BCUT2D eigenvalue weighted by Crippen LogP contribution is 2.36. The summed E-state index contributed by atoms with van der Waals surface area (Å²) in [6, 6.07) is 0. The van der Waals surface area contributed by atoms with Crippen molar-refractivity contribution in [3.63, 3.8) is 0 Å². The number of hydrogen-bond donors (Lipinski definition) is 0. The minimum Gasteiger partial charge on any atom is -0.398 e. The molecule has 5 nitrogen and oxygen atoms in total. The fourth-order valence-electron chi connectivity index (χ4n) is 2.37. The summed E-state index contributed by atoms with van der Waals surface area (Å²) >= 11 is 0. The monoisotopic (exact) mass is 273 g/mol. The Bertz CT molecular complexity index is 662. The molecular weight excluding hydrogens is 253 g/mol. The third kappa shape index (κ3) is 1.94. The first kappa shape index (κ1) is 13.6. The Morgan fingerprint density at radius 2 is 1.60 bits per heavy atom. The third-order valence-electron chi connectivity index (χ3n) is 4.24. The van der Waals surface area contributed by atoms with Gasteiger partial charge in [0, 0.05) is 12.4 Å². The van der Waals surface area contributed by atoms with E-state index in [-0.39, 0.29) is 11.2 Å². The minimum absolute atomic E-state index is 0.354. The zero-order valence-electron chi connectivity index (χ0n) is 12.9. The van der Waals surface area contributed by atoms with E-state index in [1.807, 2.05) is 58.3 Å². The average molecular weight is 273 g/mol. The first-order chi connectivity index (χ1) is 9.19. The normalized spacial score (nSPS) is 20.8. The van der Waals surface area contributed by atoms with E-state index >= 15 is 0 Å². The molecule has 0 radical (unpaired) electrons. The molecule has 3 heterocycles. The number of rotatable bonds is 1. The SMILES string of the molecule is Cc1cn2cc(B3OC(C)(C)C(C)(C)O3)nc(C)c2n1. The van der Waals surface area contributed by atoms with Crippen LogP contribution in [-0.4, -0.2) is 32.7 Å². The summed E-state index contributed by atoms with van der Waals surface area (Å²) in [5, 5.41) is 0. The fraction of sp³-hybridized carbons (Fsp3) is 0.571. The lowest BCUT2D eigenvalue weighted by Gasteiger charge is -2.32. The lowest BCUT2D eigenvalue weighted by molar-refractivity contribution is 0.00578. The van der Waals surface area contributed by atoms with Crippen molar-refractivity contribution in [3.8, 4) is 0 Å². The Morgan fingerprint density at radius 1 is 1.00 bits per heavy atom. The molecule has 1 aliphatic heterocycles. The lowest BCUT2D eigenvalue weighted by Crippen LogP contribution is -2.41. The van der Waals surface area contributed by atoms with Gasteiger partial charge < -0.3 is 13.7 Å². The topological polar surface area (TPSA) is 48.7 Å². The number of nitrogens with zero attached hydrogens (tertiary/aromatic N) is 3. The lowest BCUT2D eigenvalue weighted by atomic mass is 9.85. The van der Waals surface area contributed by atoms with Crippen molar-refractivity contribution in [2.24, 2.45) is 0 Å². The van der Waals surface area contributed by atoms with Crippen LogP contribution >= 0.6 is 0 Å². The van der Waals surface area contributed by atoms with Crippen LogP contribution in [0.5, 0.6) is 0 Å². The molecule has 1 aliphatic rings. The highest BCUT2D eigenvalue weighted by Gasteiger charge is 2.52. The summed E-state index contributed by atoms with van der Waals surface area (Å²) in [4.78, 5) is 9.05. The maximum Gasteiger partial charge on any atom is 0.516 e. The predicted molar refractivity (Wildman–Crippen MR) is 78.2 cm³/mol.